The normalized spacial score (nSPS) is 15.1. The third-order valence-electron chi connectivity index (χ3n) is 4.88. The molecule has 2 heterocycles. The zero-order valence-electron chi connectivity index (χ0n) is 16.0. The number of hydrogen-bond donors (Lipinski definition) is 0. The SMILES string of the molecule is CCN(C(=O)Cc1csc(N2CCCC2=O)n1)C(C)c1cccc(OC)c1. The molecule has 3 rings (SSSR count). The van der Waals surface area contributed by atoms with Crippen molar-refractivity contribution >= 4 is 28.3 Å². The van der Waals surface area contributed by atoms with Crippen molar-refractivity contribution in [3.8, 4) is 5.75 Å². The van der Waals surface area contributed by atoms with E-state index < -0.39 is 0 Å². The summed E-state index contributed by atoms with van der Waals surface area (Å²) in [6.07, 6.45) is 1.69. The van der Waals surface area contributed by atoms with E-state index in [2.05, 4.69) is 4.98 Å². The zero-order valence-corrected chi connectivity index (χ0v) is 16.8. The van der Waals surface area contributed by atoms with E-state index in [4.69, 9.17) is 4.74 Å². The van der Waals surface area contributed by atoms with Crippen LogP contribution in [0.4, 0.5) is 5.13 Å². The Bertz CT molecular complexity index is 820. The smallest absolute Gasteiger partial charge is 0.229 e. The second-order valence-corrected chi connectivity index (χ2v) is 7.42. The number of anilines is 1. The van der Waals surface area contributed by atoms with Crippen LogP contribution in [0.3, 0.4) is 0 Å². The fourth-order valence-corrected chi connectivity index (χ4v) is 4.22. The van der Waals surface area contributed by atoms with Gasteiger partial charge in [0.2, 0.25) is 11.8 Å². The fraction of sp³-hybridized carbons (Fsp3) is 0.450. The van der Waals surface area contributed by atoms with Crippen LogP contribution in [0.5, 0.6) is 5.75 Å². The first-order chi connectivity index (χ1) is 13.0. The minimum Gasteiger partial charge on any atom is -0.497 e. The number of nitrogens with zero attached hydrogens (tertiary/aromatic N) is 3. The van der Waals surface area contributed by atoms with Gasteiger partial charge in [0.15, 0.2) is 5.13 Å². The van der Waals surface area contributed by atoms with Gasteiger partial charge in [-0.25, -0.2) is 4.98 Å². The average molecular weight is 388 g/mol. The fourth-order valence-electron chi connectivity index (χ4n) is 3.36. The van der Waals surface area contributed by atoms with Gasteiger partial charge in [-0.1, -0.05) is 12.1 Å². The Balaban J connectivity index is 1.69. The van der Waals surface area contributed by atoms with Crippen molar-refractivity contribution in [3.05, 3.63) is 40.9 Å². The third-order valence-corrected chi connectivity index (χ3v) is 5.79. The molecule has 1 fully saturated rings. The molecule has 144 valence electrons. The maximum atomic E-state index is 12.9. The molecule has 1 unspecified atom stereocenters. The lowest BCUT2D eigenvalue weighted by atomic mass is 10.1. The molecule has 0 spiro atoms. The van der Waals surface area contributed by atoms with Crippen LogP contribution in [0, 0.1) is 0 Å². The Morgan fingerprint density at radius 2 is 2.26 bits per heavy atom. The molecule has 1 atom stereocenters. The number of likely N-dealkylation sites (N-methyl/N-ethyl adjacent to an activating group) is 1. The number of benzene rings is 1. The molecule has 7 heteroatoms. The Morgan fingerprint density at radius 3 is 2.93 bits per heavy atom. The summed E-state index contributed by atoms with van der Waals surface area (Å²) in [5.41, 5.74) is 1.75. The molecule has 0 aliphatic carbocycles. The van der Waals surface area contributed by atoms with Gasteiger partial charge in [-0.3, -0.25) is 14.5 Å². The van der Waals surface area contributed by atoms with Gasteiger partial charge in [0.1, 0.15) is 5.75 Å². The van der Waals surface area contributed by atoms with E-state index in [1.807, 2.05) is 48.4 Å². The van der Waals surface area contributed by atoms with Crippen molar-refractivity contribution in [2.75, 3.05) is 25.1 Å². The molecule has 1 aromatic heterocycles. The van der Waals surface area contributed by atoms with E-state index in [9.17, 15) is 9.59 Å². The van der Waals surface area contributed by atoms with E-state index in [0.717, 1.165) is 23.4 Å². The first-order valence-electron chi connectivity index (χ1n) is 9.21. The van der Waals surface area contributed by atoms with Gasteiger partial charge < -0.3 is 9.64 Å². The zero-order chi connectivity index (χ0) is 19.4. The highest BCUT2D eigenvalue weighted by molar-refractivity contribution is 7.14. The number of thiazole rings is 1. The molecule has 2 amide bonds. The van der Waals surface area contributed by atoms with Gasteiger partial charge in [0, 0.05) is 24.9 Å². The van der Waals surface area contributed by atoms with E-state index in [1.165, 1.54) is 11.3 Å². The van der Waals surface area contributed by atoms with Crippen molar-refractivity contribution in [1.29, 1.82) is 0 Å². The monoisotopic (exact) mass is 387 g/mol. The lowest BCUT2D eigenvalue weighted by molar-refractivity contribution is -0.132. The number of carbonyl (C=O) groups excluding carboxylic acids is 2. The largest absolute Gasteiger partial charge is 0.497 e. The first kappa shape index (κ1) is 19.4. The molecule has 1 aromatic carbocycles. The summed E-state index contributed by atoms with van der Waals surface area (Å²) in [5.74, 6) is 0.920. The molecule has 1 saturated heterocycles. The molecule has 2 aromatic rings. The summed E-state index contributed by atoms with van der Waals surface area (Å²) < 4.78 is 5.29. The number of carbonyl (C=O) groups is 2. The van der Waals surface area contributed by atoms with Crippen molar-refractivity contribution in [1.82, 2.24) is 9.88 Å². The van der Waals surface area contributed by atoms with E-state index in [0.29, 0.717) is 24.6 Å². The van der Waals surface area contributed by atoms with Crippen LogP contribution in [-0.2, 0) is 16.0 Å². The number of amides is 2. The van der Waals surface area contributed by atoms with Crippen LogP contribution in [0.15, 0.2) is 29.6 Å². The number of methoxy groups -OCH3 is 1. The Hall–Kier alpha value is -2.41. The number of aromatic nitrogens is 1. The summed E-state index contributed by atoms with van der Waals surface area (Å²) in [4.78, 5) is 32.8. The average Bonchev–Trinajstić information content (AvgIpc) is 3.30. The van der Waals surface area contributed by atoms with Crippen molar-refractivity contribution in [2.24, 2.45) is 0 Å². The molecule has 0 bridgehead atoms. The van der Waals surface area contributed by atoms with Crippen LogP contribution in [0.2, 0.25) is 0 Å². The third kappa shape index (κ3) is 4.30. The lowest BCUT2D eigenvalue weighted by Crippen LogP contribution is -2.34. The standard InChI is InChI=1S/C20H25N3O3S/c1-4-22(14(2)15-7-5-8-17(11-15)26-3)19(25)12-16-13-27-20(21-16)23-10-6-9-18(23)24/h5,7-8,11,13-14H,4,6,9-10,12H2,1-3H3. The minimum absolute atomic E-state index is 0.0254. The maximum absolute atomic E-state index is 12.9. The highest BCUT2D eigenvalue weighted by Crippen LogP contribution is 2.27. The van der Waals surface area contributed by atoms with Gasteiger partial charge in [0.25, 0.3) is 0 Å². The van der Waals surface area contributed by atoms with Crippen molar-refractivity contribution in [2.45, 2.75) is 39.2 Å². The predicted octanol–water partition coefficient (Wildman–Crippen LogP) is 3.43. The first-order valence-corrected chi connectivity index (χ1v) is 10.1. The molecule has 27 heavy (non-hydrogen) atoms. The van der Waals surface area contributed by atoms with E-state index >= 15 is 0 Å². The van der Waals surface area contributed by atoms with Gasteiger partial charge in [-0.05, 0) is 38.0 Å². The van der Waals surface area contributed by atoms with Crippen LogP contribution in [0.25, 0.3) is 0 Å². The van der Waals surface area contributed by atoms with E-state index in [-0.39, 0.29) is 24.3 Å². The van der Waals surface area contributed by atoms with Crippen LogP contribution in [0.1, 0.15) is 44.0 Å². The molecule has 1 aliphatic heterocycles. The minimum atomic E-state index is -0.0594. The van der Waals surface area contributed by atoms with Crippen molar-refractivity contribution < 1.29 is 14.3 Å². The molecule has 1 aliphatic rings. The molecular weight excluding hydrogens is 362 g/mol. The Kier molecular flexibility index (Phi) is 6.11. The summed E-state index contributed by atoms with van der Waals surface area (Å²) in [5, 5.41) is 2.58. The Morgan fingerprint density at radius 1 is 1.44 bits per heavy atom. The summed E-state index contributed by atoms with van der Waals surface area (Å²) in [6.45, 7) is 5.32. The summed E-state index contributed by atoms with van der Waals surface area (Å²) >= 11 is 1.43. The number of rotatable bonds is 7. The second-order valence-electron chi connectivity index (χ2n) is 6.58. The molecule has 0 N–H and O–H groups in total. The highest BCUT2D eigenvalue weighted by Gasteiger charge is 2.25. The van der Waals surface area contributed by atoms with Crippen LogP contribution >= 0.6 is 11.3 Å². The van der Waals surface area contributed by atoms with Crippen LogP contribution in [-0.4, -0.2) is 41.9 Å². The topological polar surface area (TPSA) is 62.7 Å². The summed E-state index contributed by atoms with van der Waals surface area (Å²) in [7, 11) is 1.64. The Labute approximate surface area is 163 Å². The maximum Gasteiger partial charge on any atom is 0.229 e. The van der Waals surface area contributed by atoms with Gasteiger partial charge in [-0.15, -0.1) is 11.3 Å². The highest BCUT2D eigenvalue weighted by atomic mass is 32.1. The number of hydrogen-bond acceptors (Lipinski definition) is 5. The van der Waals surface area contributed by atoms with Crippen molar-refractivity contribution in [3.63, 3.8) is 0 Å². The summed E-state index contributed by atoms with van der Waals surface area (Å²) in [6, 6.07) is 7.73. The molecule has 0 saturated carbocycles. The van der Waals surface area contributed by atoms with Gasteiger partial charge >= 0.3 is 0 Å². The molecule has 6 nitrogen and oxygen atoms in total. The lowest BCUT2D eigenvalue weighted by Gasteiger charge is -2.28. The molecule has 0 radical (unpaired) electrons. The van der Waals surface area contributed by atoms with Gasteiger partial charge in [0.05, 0.1) is 25.3 Å². The van der Waals surface area contributed by atoms with Gasteiger partial charge in [-0.2, -0.15) is 0 Å². The van der Waals surface area contributed by atoms with Crippen LogP contribution < -0.4 is 9.64 Å². The van der Waals surface area contributed by atoms with E-state index in [1.54, 1.807) is 12.0 Å². The quantitative estimate of drug-likeness (QED) is 0.730. The molecular formula is C20H25N3O3S. The number of ether oxygens (including phenoxy) is 1. The second kappa shape index (κ2) is 8.52. The predicted molar refractivity (Wildman–Crippen MR) is 106 cm³/mol.